The zero-order chi connectivity index (χ0) is 10.8. The van der Waals surface area contributed by atoms with E-state index < -0.39 is 0 Å². The summed E-state index contributed by atoms with van der Waals surface area (Å²) in [7, 11) is 1.68. The second-order valence-electron chi connectivity index (χ2n) is 4.23. The molecule has 1 aromatic rings. The molecular weight excluding hydrogens is 192 g/mol. The van der Waals surface area contributed by atoms with Crippen LogP contribution >= 0.6 is 0 Å². The summed E-state index contributed by atoms with van der Waals surface area (Å²) in [6, 6.07) is 0.317. The van der Waals surface area contributed by atoms with Gasteiger partial charge in [0.15, 0.2) is 11.6 Å². The van der Waals surface area contributed by atoms with E-state index in [0.29, 0.717) is 18.6 Å². The number of ether oxygens (including phenoxy) is 1. The van der Waals surface area contributed by atoms with Gasteiger partial charge >= 0.3 is 0 Å². The summed E-state index contributed by atoms with van der Waals surface area (Å²) in [5.74, 6) is 2.51. The number of hydrogen-bond donors (Lipinski definition) is 1. The fraction of sp³-hybridized carbons (Fsp3) is 0.800. The average molecular weight is 210 g/mol. The summed E-state index contributed by atoms with van der Waals surface area (Å²) in [5, 5.41) is 11.9. The van der Waals surface area contributed by atoms with E-state index in [1.165, 1.54) is 0 Å². The molecule has 1 N–H and O–H groups in total. The van der Waals surface area contributed by atoms with Crippen molar-refractivity contribution >= 4 is 0 Å². The van der Waals surface area contributed by atoms with Crippen molar-refractivity contribution in [2.75, 3.05) is 13.7 Å². The molecule has 0 fully saturated rings. The van der Waals surface area contributed by atoms with Crippen molar-refractivity contribution in [3.8, 4) is 0 Å². The number of fused-ring (bicyclic) bond motifs is 1. The monoisotopic (exact) mass is 210 g/mol. The first kappa shape index (κ1) is 10.6. The van der Waals surface area contributed by atoms with Crippen LogP contribution < -0.4 is 5.32 Å². The van der Waals surface area contributed by atoms with Crippen molar-refractivity contribution in [1.29, 1.82) is 0 Å². The van der Waals surface area contributed by atoms with Crippen LogP contribution in [0, 0.1) is 5.92 Å². The molecule has 1 unspecified atom stereocenters. The Morgan fingerprint density at radius 2 is 2.33 bits per heavy atom. The molecule has 1 aromatic heterocycles. The number of methoxy groups -OCH3 is 1. The van der Waals surface area contributed by atoms with Crippen molar-refractivity contribution < 1.29 is 4.74 Å². The van der Waals surface area contributed by atoms with Gasteiger partial charge in [0, 0.05) is 20.2 Å². The van der Waals surface area contributed by atoms with Gasteiger partial charge in [0.25, 0.3) is 0 Å². The highest BCUT2D eigenvalue weighted by Gasteiger charge is 2.26. The maximum Gasteiger partial charge on any atom is 0.159 e. The number of hydrogen-bond acceptors (Lipinski definition) is 4. The van der Waals surface area contributed by atoms with Crippen LogP contribution in [-0.4, -0.2) is 28.4 Å². The first-order chi connectivity index (χ1) is 7.24. The fourth-order valence-corrected chi connectivity index (χ4v) is 2.02. The zero-order valence-corrected chi connectivity index (χ0v) is 9.53. The molecule has 0 aliphatic carbocycles. The number of nitrogens with one attached hydrogen (secondary N) is 1. The van der Waals surface area contributed by atoms with E-state index in [9.17, 15) is 0 Å². The predicted molar refractivity (Wildman–Crippen MR) is 56.3 cm³/mol. The number of aromatic nitrogens is 3. The van der Waals surface area contributed by atoms with E-state index in [1.54, 1.807) is 7.11 Å². The molecule has 0 bridgehead atoms. The van der Waals surface area contributed by atoms with E-state index in [2.05, 4.69) is 33.9 Å². The molecule has 0 saturated carbocycles. The average Bonchev–Trinajstić information content (AvgIpc) is 2.62. The summed E-state index contributed by atoms with van der Waals surface area (Å²) in [5.41, 5.74) is 0. The van der Waals surface area contributed by atoms with Crippen molar-refractivity contribution in [3.63, 3.8) is 0 Å². The van der Waals surface area contributed by atoms with Gasteiger partial charge in [-0.1, -0.05) is 13.8 Å². The highest BCUT2D eigenvalue weighted by atomic mass is 16.5. The molecule has 1 atom stereocenters. The van der Waals surface area contributed by atoms with Gasteiger partial charge in [-0.2, -0.15) is 0 Å². The Hall–Kier alpha value is -0.940. The molecule has 0 saturated heterocycles. The van der Waals surface area contributed by atoms with Gasteiger partial charge in [-0.15, -0.1) is 10.2 Å². The molecule has 2 rings (SSSR count). The smallest absolute Gasteiger partial charge is 0.159 e. The van der Waals surface area contributed by atoms with Crippen LogP contribution in [0.4, 0.5) is 0 Å². The third-order valence-corrected chi connectivity index (χ3v) is 2.77. The summed E-state index contributed by atoms with van der Waals surface area (Å²) in [6.45, 7) is 6.84. The Morgan fingerprint density at radius 3 is 3.00 bits per heavy atom. The van der Waals surface area contributed by atoms with Gasteiger partial charge in [-0.05, 0) is 5.92 Å². The first-order valence-electron chi connectivity index (χ1n) is 5.38. The van der Waals surface area contributed by atoms with E-state index in [4.69, 9.17) is 4.74 Å². The van der Waals surface area contributed by atoms with Crippen LogP contribution in [0.15, 0.2) is 0 Å². The minimum Gasteiger partial charge on any atom is -0.377 e. The van der Waals surface area contributed by atoms with E-state index in [0.717, 1.165) is 24.7 Å². The fourth-order valence-electron chi connectivity index (χ4n) is 2.02. The molecule has 1 aliphatic rings. The van der Waals surface area contributed by atoms with Gasteiger partial charge in [-0.3, -0.25) is 0 Å². The Kier molecular flexibility index (Phi) is 3.02. The SMILES string of the molecule is COCc1nnc2n1CCNC2C(C)C. The summed E-state index contributed by atoms with van der Waals surface area (Å²) in [4.78, 5) is 0. The van der Waals surface area contributed by atoms with Crippen molar-refractivity contribution in [2.45, 2.75) is 33.0 Å². The van der Waals surface area contributed by atoms with Crippen molar-refractivity contribution in [3.05, 3.63) is 11.6 Å². The maximum absolute atomic E-state index is 5.10. The molecule has 0 spiro atoms. The first-order valence-corrected chi connectivity index (χ1v) is 5.38. The van der Waals surface area contributed by atoms with Crippen molar-refractivity contribution in [1.82, 2.24) is 20.1 Å². The number of nitrogens with zero attached hydrogens (tertiary/aromatic N) is 3. The number of rotatable bonds is 3. The normalized spacial score (nSPS) is 20.7. The summed E-state index contributed by atoms with van der Waals surface area (Å²) >= 11 is 0. The topological polar surface area (TPSA) is 52.0 Å². The van der Waals surface area contributed by atoms with Crippen molar-refractivity contribution in [2.24, 2.45) is 5.92 Å². The third-order valence-electron chi connectivity index (χ3n) is 2.77. The van der Waals surface area contributed by atoms with E-state index >= 15 is 0 Å². The standard InChI is InChI=1S/C10H18N4O/c1-7(2)9-10-13-12-8(6-15-3)14(10)5-4-11-9/h7,9,11H,4-6H2,1-3H3. The summed E-state index contributed by atoms with van der Waals surface area (Å²) < 4.78 is 7.28. The Labute approximate surface area is 89.8 Å². The molecule has 15 heavy (non-hydrogen) atoms. The second-order valence-corrected chi connectivity index (χ2v) is 4.23. The van der Waals surface area contributed by atoms with Crippen LogP contribution in [0.2, 0.25) is 0 Å². The Bertz CT molecular complexity index is 334. The van der Waals surface area contributed by atoms with E-state index in [1.807, 2.05) is 0 Å². The van der Waals surface area contributed by atoms with Gasteiger partial charge in [0.1, 0.15) is 6.61 Å². The molecule has 0 aromatic carbocycles. The molecule has 0 amide bonds. The lowest BCUT2D eigenvalue weighted by Crippen LogP contribution is -2.37. The highest BCUT2D eigenvalue weighted by molar-refractivity contribution is 5.04. The molecule has 2 heterocycles. The predicted octanol–water partition coefficient (Wildman–Crippen LogP) is 0.725. The Balaban J connectivity index is 2.29. The molecule has 5 nitrogen and oxygen atoms in total. The van der Waals surface area contributed by atoms with Crippen LogP contribution in [0.25, 0.3) is 0 Å². The molecular formula is C10H18N4O. The summed E-state index contributed by atoms with van der Waals surface area (Å²) in [6.07, 6.45) is 0. The Morgan fingerprint density at radius 1 is 1.53 bits per heavy atom. The zero-order valence-electron chi connectivity index (χ0n) is 9.53. The lowest BCUT2D eigenvalue weighted by molar-refractivity contribution is 0.172. The minimum atomic E-state index is 0.317. The lowest BCUT2D eigenvalue weighted by atomic mass is 10.0. The largest absolute Gasteiger partial charge is 0.377 e. The third kappa shape index (κ3) is 1.89. The lowest BCUT2D eigenvalue weighted by Gasteiger charge is -2.27. The van der Waals surface area contributed by atoms with Crippen LogP contribution in [0.1, 0.15) is 31.5 Å². The van der Waals surface area contributed by atoms with E-state index in [-0.39, 0.29) is 0 Å². The minimum absolute atomic E-state index is 0.317. The van der Waals surface area contributed by atoms with Crippen LogP contribution in [-0.2, 0) is 17.9 Å². The maximum atomic E-state index is 5.10. The quantitative estimate of drug-likeness (QED) is 0.799. The van der Waals surface area contributed by atoms with Crippen LogP contribution in [0.3, 0.4) is 0 Å². The molecule has 1 aliphatic heterocycles. The molecule has 0 radical (unpaired) electrons. The van der Waals surface area contributed by atoms with Gasteiger partial charge in [-0.25, -0.2) is 0 Å². The van der Waals surface area contributed by atoms with Gasteiger partial charge < -0.3 is 14.6 Å². The highest BCUT2D eigenvalue weighted by Crippen LogP contribution is 2.23. The molecule has 5 heteroatoms. The molecule has 84 valence electrons. The van der Waals surface area contributed by atoms with Crippen LogP contribution in [0.5, 0.6) is 0 Å². The van der Waals surface area contributed by atoms with Gasteiger partial charge in [0.05, 0.1) is 6.04 Å². The van der Waals surface area contributed by atoms with Gasteiger partial charge in [0.2, 0.25) is 0 Å². The second kappa shape index (κ2) is 4.28.